The molecule has 3 heterocycles. The van der Waals surface area contributed by atoms with E-state index in [0.29, 0.717) is 5.95 Å². The molecule has 0 aliphatic heterocycles. The molecular formula is C18H16FN9O2. The first kappa shape index (κ1) is 19.0. The lowest BCUT2D eigenvalue weighted by molar-refractivity contribution is -0.116. The van der Waals surface area contributed by atoms with Crippen LogP contribution in [-0.4, -0.2) is 55.0 Å². The van der Waals surface area contributed by atoms with E-state index in [4.69, 9.17) is 5.73 Å². The number of carbonyl (C=O) groups excluding carboxylic acids is 2. The number of aromatic nitrogens is 6. The molecule has 0 atom stereocenters. The number of Topliss-reactive ketones (excluding diaryl/α,β-unsaturated/α-hetero) is 1. The summed E-state index contributed by atoms with van der Waals surface area (Å²) in [6, 6.07) is 9.25. The van der Waals surface area contributed by atoms with Crippen LogP contribution in [0, 0.1) is 5.82 Å². The summed E-state index contributed by atoms with van der Waals surface area (Å²) in [4.78, 5) is 31.0. The maximum absolute atomic E-state index is 14.1. The Bertz CT molecular complexity index is 1220. The first-order chi connectivity index (χ1) is 14.6. The summed E-state index contributed by atoms with van der Waals surface area (Å²) in [6.45, 7) is 0.367. The molecule has 152 valence electrons. The number of benzene rings is 1. The van der Waals surface area contributed by atoms with E-state index in [1.807, 2.05) is 30.3 Å². The van der Waals surface area contributed by atoms with Gasteiger partial charge >= 0.3 is 0 Å². The van der Waals surface area contributed by atoms with Gasteiger partial charge in [0.1, 0.15) is 5.82 Å². The van der Waals surface area contributed by atoms with Crippen molar-refractivity contribution in [3.05, 3.63) is 54.1 Å². The predicted octanol–water partition coefficient (Wildman–Crippen LogP) is 0.671. The van der Waals surface area contributed by atoms with Gasteiger partial charge in [0.25, 0.3) is 11.7 Å². The molecule has 0 unspecified atom stereocenters. The topological polar surface area (TPSA) is 156 Å². The quantitative estimate of drug-likeness (QED) is 0.197. The average Bonchev–Trinajstić information content (AvgIpc) is 3.42. The Morgan fingerprint density at radius 1 is 1.20 bits per heavy atom. The van der Waals surface area contributed by atoms with Crippen molar-refractivity contribution < 1.29 is 14.0 Å². The largest absolute Gasteiger partial charge is 0.382 e. The predicted molar refractivity (Wildman–Crippen MR) is 105 cm³/mol. The zero-order valence-corrected chi connectivity index (χ0v) is 15.5. The zero-order chi connectivity index (χ0) is 21.1. The molecule has 5 N–H and O–H groups in total. The van der Waals surface area contributed by atoms with E-state index < -0.39 is 17.5 Å². The summed E-state index contributed by atoms with van der Waals surface area (Å²) in [6.07, 6.45) is 2.14. The number of carbonyl (C=O) groups is 2. The lowest BCUT2D eigenvalue weighted by Crippen LogP contribution is -2.34. The summed E-state index contributed by atoms with van der Waals surface area (Å²) >= 11 is 0. The molecule has 11 nitrogen and oxygen atoms in total. The highest BCUT2D eigenvalue weighted by Crippen LogP contribution is 2.25. The van der Waals surface area contributed by atoms with Crippen LogP contribution in [0.1, 0.15) is 10.4 Å². The van der Waals surface area contributed by atoms with Gasteiger partial charge in [0.2, 0.25) is 5.95 Å². The van der Waals surface area contributed by atoms with E-state index in [9.17, 15) is 14.0 Å². The normalized spacial score (nSPS) is 10.8. The van der Waals surface area contributed by atoms with E-state index in [0.717, 1.165) is 11.9 Å². The Labute approximate surface area is 168 Å². The molecule has 0 bridgehead atoms. The van der Waals surface area contributed by atoms with Gasteiger partial charge in [-0.2, -0.15) is 4.68 Å². The molecule has 0 saturated carbocycles. The molecule has 3 aromatic heterocycles. The van der Waals surface area contributed by atoms with E-state index in [-0.39, 0.29) is 35.4 Å². The minimum absolute atomic E-state index is 0.0335. The van der Waals surface area contributed by atoms with Crippen molar-refractivity contribution in [1.29, 1.82) is 0 Å². The number of fused-ring (bicyclic) bond motifs is 1. The fraction of sp³-hybridized carbons (Fsp3) is 0.111. The smallest absolute Gasteiger partial charge is 0.292 e. The molecule has 0 fully saturated rings. The van der Waals surface area contributed by atoms with Crippen LogP contribution in [0.5, 0.6) is 0 Å². The number of nitrogen functional groups attached to an aromatic ring is 1. The molecule has 0 saturated heterocycles. The molecule has 1 amide bonds. The van der Waals surface area contributed by atoms with Gasteiger partial charge in [-0.3, -0.25) is 9.59 Å². The van der Waals surface area contributed by atoms with E-state index in [1.165, 1.54) is 10.9 Å². The number of aromatic amines is 1. The fourth-order valence-electron chi connectivity index (χ4n) is 2.90. The van der Waals surface area contributed by atoms with Crippen LogP contribution < -0.4 is 16.4 Å². The van der Waals surface area contributed by atoms with Crippen LogP contribution in [0.25, 0.3) is 16.6 Å². The van der Waals surface area contributed by atoms with Crippen molar-refractivity contribution in [2.75, 3.05) is 24.1 Å². The number of halogens is 1. The SMILES string of the molecule is Nc1ncc(F)c2c(C(=O)C(=O)NCCNc3nnnn3-c3ccccc3)c[nH]c12. The Hall–Kier alpha value is -4.35. The lowest BCUT2D eigenvalue weighted by atomic mass is 10.1. The minimum atomic E-state index is -0.889. The highest BCUT2D eigenvalue weighted by molar-refractivity contribution is 6.45. The van der Waals surface area contributed by atoms with E-state index >= 15 is 0 Å². The second-order valence-electron chi connectivity index (χ2n) is 6.21. The van der Waals surface area contributed by atoms with Crippen molar-refractivity contribution in [3.8, 4) is 5.69 Å². The Balaban J connectivity index is 1.37. The number of hydrogen-bond donors (Lipinski definition) is 4. The van der Waals surface area contributed by atoms with Crippen molar-refractivity contribution in [3.63, 3.8) is 0 Å². The van der Waals surface area contributed by atoms with Crippen molar-refractivity contribution >= 4 is 34.4 Å². The highest BCUT2D eigenvalue weighted by atomic mass is 19.1. The minimum Gasteiger partial charge on any atom is -0.382 e. The number of nitrogens with one attached hydrogen (secondary N) is 3. The third-order valence-corrected chi connectivity index (χ3v) is 4.31. The van der Waals surface area contributed by atoms with Crippen LogP contribution >= 0.6 is 0 Å². The van der Waals surface area contributed by atoms with Crippen molar-refractivity contribution in [2.24, 2.45) is 0 Å². The maximum atomic E-state index is 14.1. The van der Waals surface area contributed by atoms with Crippen LogP contribution in [0.4, 0.5) is 16.2 Å². The number of nitrogens with zero attached hydrogens (tertiary/aromatic N) is 5. The fourth-order valence-corrected chi connectivity index (χ4v) is 2.90. The number of anilines is 2. The zero-order valence-electron chi connectivity index (χ0n) is 15.5. The number of tetrazole rings is 1. The molecule has 12 heteroatoms. The number of para-hydroxylation sites is 1. The van der Waals surface area contributed by atoms with E-state index in [2.05, 4.69) is 36.1 Å². The van der Waals surface area contributed by atoms with Crippen LogP contribution in [0.2, 0.25) is 0 Å². The van der Waals surface area contributed by atoms with Gasteiger partial charge in [0.05, 0.1) is 28.4 Å². The Kier molecular flexibility index (Phi) is 5.03. The summed E-state index contributed by atoms with van der Waals surface area (Å²) in [5, 5.41) is 16.8. The second kappa shape index (κ2) is 7.95. The molecular weight excluding hydrogens is 393 g/mol. The molecule has 0 aliphatic carbocycles. The third kappa shape index (κ3) is 3.53. The molecule has 4 rings (SSSR count). The molecule has 30 heavy (non-hydrogen) atoms. The number of ketones is 1. The number of nitrogens with two attached hydrogens (primary N) is 1. The molecule has 0 aliphatic rings. The lowest BCUT2D eigenvalue weighted by Gasteiger charge is -2.08. The molecule has 1 aromatic carbocycles. The van der Waals surface area contributed by atoms with Gasteiger partial charge in [-0.25, -0.2) is 9.37 Å². The van der Waals surface area contributed by atoms with Gasteiger partial charge in [-0.05, 0) is 22.6 Å². The number of rotatable bonds is 7. The third-order valence-electron chi connectivity index (χ3n) is 4.31. The molecule has 0 radical (unpaired) electrons. The maximum Gasteiger partial charge on any atom is 0.292 e. The number of H-pyrrole nitrogens is 1. The summed E-state index contributed by atoms with van der Waals surface area (Å²) in [5.41, 5.74) is 6.48. The first-order valence-electron chi connectivity index (χ1n) is 8.87. The van der Waals surface area contributed by atoms with Gasteiger partial charge < -0.3 is 21.4 Å². The standard InChI is InChI=1S/C18H16FN9O2/c19-12-9-24-16(20)14-13(12)11(8-23-14)15(29)17(30)21-6-7-22-18-25-26-27-28(18)10-4-2-1-3-5-10/h1-5,8-9,23H,6-7H2,(H2,20,24)(H,21,30)(H,22,25,27). The summed E-state index contributed by atoms with van der Waals surface area (Å²) in [7, 11) is 0. The van der Waals surface area contributed by atoms with Crippen LogP contribution in [0.3, 0.4) is 0 Å². The molecule has 4 aromatic rings. The van der Waals surface area contributed by atoms with Gasteiger partial charge in [-0.1, -0.05) is 23.3 Å². The van der Waals surface area contributed by atoms with Gasteiger partial charge in [0, 0.05) is 19.3 Å². The summed E-state index contributed by atoms with van der Waals surface area (Å²) < 4.78 is 15.6. The Morgan fingerprint density at radius 3 is 2.80 bits per heavy atom. The van der Waals surface area contributed by atoms with Crippen LogP contribution in [0.15, 0.2) is 42.7 Å². The molecule has 0 spiro atoms. The van der Waals surface area contributed by atoms with E-state index in [1.54, 1.807) is 0 Å². The number of amides is 1. The van der Waals surface area contributed by atoms with Gasteiger partial charge in [-0.15, -0.1) is 0 Å². The van der Waals surface area contributed by atoms with Gasteiger partial charge in [0.15, 0.2) is 5.82 Å². The monoisotopic (exact) mass is 409 g/mol. The van der Waals surface area contributed by atoms with Crippen molar-refractivity contribution in [1.82, 2.24) is 35.5 Å². The van der Waals surface area contributed by atoms with Crippen molar-refractivity contribution in [2.45, 2.75) is 0 Å². The first-order valence-corrected chi connectivity index (χ1v) is 8.87. The van der Waals surface area contributed by atoms with Crippen LogP contribution in [-0.2, 0) is 4.79 Å². The average molecular weight is 409 g/mol. The Morgan fingerprint density at radius 2 is 2.00 bits per heavy atom. The number of pyridine rings is 1. The summed E-state index contributed by atoms with van der Waals surface area (Å²) in [5.74, 6) is -2.10. The number of hydrogen-bond acceptors (Lipinski definition) is 8. The highest BCUT2D eigenvalue weighted by Gasteiger charge is 2.23. The second-order valence-corrected chi connectivity index (χ2v) is 6.21.